The van der Waals surface area contributed by atoms with E-state index < -0.39 is 5.95 Å². The highest BCUT2D eigenvalue weighted by Gasteiger charge is 2.15. The lowest BCUT2D eigenvalue weighted by atomic mass is 10.2. The van der Waals surface area contributed by atoms with Gasteiger partial charge in [-0.2, -0.15) is 4.39 Å². The van der Waals surface area contributed by atoms with E-state index in [-0.39, 0.29) is 0 Å². The van der Waals surface area contributed by atoms with E-state index in [0.717, 1.165) is 19.5 Å². The van der Waals surface area contributed by atoms with Gasteiger partial charge in [0.1, 0.15) is 0 Å². The van der Waals surface area contributed by atoms with Crippen molar-refractivity contribution in [1.82, 2.24) is 10.3 Å². The number of aromatic nitrogens is 1. The van der Waals surface area contributed by atoms with Crippen LogP contribution in [0.15, 0.2) is 18.3 Å². The minimum atomic E-state index is -0.422. The zero-order valence-corrected chi connectivity index (χ0v) is 7.26. The normalized spacial score (nSPS) is 21.8. The highest BCUT2D eigenvalue weighted by Crippen LogP contribution is 2.13. The van der Waals surface area contributed by atoms with E-state index in [1.54, 1.807) is 12.1 Å². The minimum Gasteiger partial charge on any atom is -0.377 e. The van der Waals surface area contributed by atoms with Crippen LogP contribution >= 0.6 is 0 Å². The minimum absolute atomic E-state index is 0.332. The van der Waals surface area contributed by atoms with Crippen molar-refractivity contribution in [1.29, 1.82) is 0 Å². The summed E-state index contributed by atoms with van der Waals surface area (Å²) in [5.74, 6) is -0.422. The molecule has 1 fully saturated rings. The van der Waals surface area contributed by atoms with Crippen LogP contribution in [-0.4, -0.2) is 24.1 Å². The molecule has 1 atom stereocenters. The van der Waals surface area contributed by atoms with Crippen molar-refractivity contribution in [3.8, 4) is 0 Å². The second-order valence-electron chi connectivity index (χ2n) is 3.18. The fourth-order valence-corrected chi connectivity index (χ4v) is 1.49. The molecule has 1 aromatic rings. The molecule has 1 saturated heterocycles. The first-order chi connectivity index (χ1) is 6.36. The van der Waals surface area contributed by atoms with Gasteiger partial charge in [0.2, 0.25) is 5.95 Å². The third-order valence-electron chi connectivity index (χ3n) is 2.18. The molecule has 4 heteroatoms. The van der Waals surface area contributed by atoms with Crippen LogP contribution in [0.4, 0.5) is 10.1 Å². The Morgan fingerprint density at radius 3 is 3.23 bits per heavy atom. The van der Waals surface area contributed by atoms with Crippen molar-refractivity contribution >= 4 is 5.69 Å². The highest BCUT2D eigenvalue weighted by molar-refractivity contribution is 5.42. The van der Waals surface area contributed by atoms with Crippen LogP contribution in [0.1, 0.15) is 6.42 Å². The molecule has 2 N–H and O–H groups in total. The fourth-order valence-electron chi connectivity index (χ4n) is 1.49. The van der Waals surface area contributed by atoms with E-state index in [2.05, 4.69) is 15.6 Å². The van der Waals surface area contributed by atoms with Gasteiger partial charge in [-0.15, -0.1) is 0 Å². The number of hydrogen-bond donors (Lipinski definition) is 2. The molecule has 3 nitrogen and oxygen atoms in total. The third-order valence-corrected chi connectivity index (χ3v) is 2.18. The summed E-state index contributed by atoms with van der Waals surface area (Å²) in [5.41, 5.74) is 0.496. The molecule has 0 aromatic carbocycles. The topological polar surface area (TPSA) is 37.0 Å². The Balaban J connectivity index is 2.04. The summed E-state index contributed by atoms with van der Waals surface area (Å²) in [5, 5.41) is 6.32. The van der Waals surface area contributed by atoms with E-state index in [0.29, 0.717) is 11.7 Å². The first-order valence-corrected chi connectivity index (χ1v) is 4.44. The van der Waals surface area contributed by atoms with Crippen molar-refractivity contribution in [3.63, 3.8) is 0 Å². The predicted octanol–water partition coefficient (Wildman–Crippen LogP) is 0.994. The molecule has 2 heterocycles. The molecule has 0 spiro atoms. The lowest BCUT2D eigenvalue weighted by Crippen LogP contribution is -2.22. The monoisotopic (exact) mass is 181 g/mol. The Hall–Kier alpha value is -1.16. The largest absolute Gasteiger partial charge is 0.377 e. The number of anilines is 1. The van der Waals surface area contributed by atoms with Gasteiger partial charge in [0.05, 0.1) is 5.69 Å². The van der Waals surface area contributed by atoms with Crippen LogP contribution in [0.3, 0.4) is 0 Å². The van der Waals surface area contributed by atoms with Gasteiger partial charge in [0.25, 0.3) is 0 Å². The van der Waals surface area contributed by atoms with Gasteiger partial charge in [-0.25, -0.2) is 4.98 Å². The molecule has 1 aliphatic rings. The van der Waals surface area contributed by atoms with Crippen LogP contribution < -0.4 is 10.6 Å². The van der Waals surface area contributed by atoms with Gasteiger partial charge >= 0.3 is 0 Å². The first-order valence-electron chi connectivity index (χ1n) is 4.44. The van der Waals surface area contributed by atoms with Crippen LogP contribution in [0.2, 0.25) is 0 Å². The summed E-state index contributed by atoms with van der Waals surface area (Å²) in [6, 6.07) is 3.77. The number of hydrogen-bond acceptors (Lipinski definition) is 3. The summed E-state index contributed by atoms with van der Waals surface area (Å²) in [7, 11) is 0. The first kappa shape index (κ1) is 8.44. The number of rotatable bonds is 2. The average Bonchev–Trinajstić information content (AvgIpc) is 2.61. The Morgan fingerprint density at radius 1 is 1.62 bits per heavy atom. The van der Waals surface area contributed by atoms with Crippen LogP contribution in [0, 0.1) is 5.95 Å². The van der Waals surface area contributed by atoms with Crippen molar-refractivity contribution in [2.24, 2.45) is 0 Å². The standard InChI is InChI=1S/C9H12FN3/c10-9-8(2-1-4-12-9)13-7-3-5-11-6-7/h1-2,4,7,11,13H,3,5-6H2/t7-/m0/s1. The second-order valence-corrected chi connectivity index (χ2v) is 3.18. The van der Waals surface area contributed by atoms with Crippen molar-refractivity contribution in [3.05, 3.63) is 24.3 Å². The maximum Gasteiger partial charge on any atom is 0.236 e. The highest BCUT2D eigenvalue weighted by atomic mass is 19.1. The molecular weight excluding hydrogens is 169 g/mol. The summed E-state index contributed by atoms with van der Waals surface area (Å²) in [6.45, 7) is 1.90. The number of pyridine rings is 1. The Morgan fingerprint density at radius 2 is 2.54 bits per heavy atom. The SMILES string of the molecule is Fc1ncccc1N[C@H]1CCNC1. The van der Waals surface area contributed by atoms with Crippen molar-refractivity contribution in [2.45, 2.75) is 12.5 Å². The van der Waals surface area contributed by atoms with Gasteiger partial charge in [0.15, 0.2) is 0 Å². The Bertz CT molecular complexity index is 284. The summed E-state index contributed by atoms with van der Waals surface area (Å²) >= 11 is 0. The third kappa shape index (κ3) is 1.95. The Kier molecular flexibility index (Phi) is 2.40. The van der Waals surface area contributed by atoms with Gasteiger partial charge < -0.3 is 10.6 Å². The maximum absolute atomic E-state index is 13.0. The lowest BCUT2D eigenvalue weighted by molar-refractivity contribution is 0.583. The molecule has 0 radical (unpaired) electrons. The summed E-state index contributed by atoms with van der Waals surface area (Å²) < 4.78 is 13.0. The molecule has 0 unspecified atom stereocenters. The van der Waals surface area contributed by atoms with Crippen molar-refractivity contribution in [2.75, 3.05) is 18.4 Å². The number of nitrogens with zero attached hydrogens (tertiary/aromatic N) is 1. The van der Waals surface area contributed by atoms with Gasteiger partial charge in [-0.3, -0.25) is 0 Å². The molecule has 0 bridgehead atoms. The summed E-state index contributed by atoms with van der Waals surface area (Å²) in [6.07, 6.45) is 2.49. The molecule has 0 aliphatic carbocycles. The zero-order chi connectivity index (χ0) is 9.10. The maximum atomic E-state index is 13.0. The van der Waals surface area contributed by atoms with E-state index in [4.69, 9.17) is 0 Å². The zero-order valence-electron chi connectivity index (χ0n) is 7.26. The van der Waals surface area contributed by atoms with Crippen LogP contribution in [-0.2, 0) is 0 Å². The summed E-state index contributed by atoms with van der Waals surface area (Å²) in [4.78, 5) is 3.57. The predicted molar refractivity (Wildman–Crippen MR) is 49.1 cm³/mol. The quantitative estimate of drug-likeness (QED) is 0.668. The molecule has 1 aliphatic heterocycles. The lowest BCUT2D eigenvalue weighted by Gasteiger charge is -2.12. The van der Waals surface area contributed by atoms with E-state index >= 15 is 0 Å². The Labute approximate surface area is 76.4 Å². The van der Waals surface area contributed by atoms with Crippen LogP contribution in [0.25, 0.3) is 0 Å². The van der Waals surface area contributed by atoms with Gasteiger partial charge in [-0.05, 0) is 25.1 Å². The van der Waals surface area contributed by atoms with E-state index in [1.165, 1.54) is 6.20 Å². The molecule has 2 rings (SSSR count). The van der Waals surface area contributed by atoms with Crippen LogP contribution in [0.5, 0.6) is 0 Å². The molecule has 0 saturated carbocycles. The van der Waals surface area contributed by atoms with Gasteiger partial charge in [0, 0.05) is 18.8 Å². The molecule has 70 valence electrons. The molecule has 1 aromatic heterocycles. The smallest absolute Gasteiger partial charge is 0.236 e. The number of nitrogens with one attached hydrogen (secondary N) is 2. The fraction of sp³-hybridized carbons (Fsp3) is 0.444. The van der Waals surface area contributed by atoms with E-state index in [1.807, 2.05) is 0 Å². The van der Waals surface area contributed by atoms with Crippen molar-refractivity contribution < 1.29 is 4.39 Å². The molecule has 13 heavy (non-hydrogen) atoms. The second kappa shape index (κ2) is 3.70. The number of halogens is 1. The van der Waals surface area contributed by atoms with Gasteiger partial charge in [-0.1, -0.05) is 0 Å². The molecule has 0 amide bonds. The average molecular weight is 181 g/mol. The molecular formula is C9H12FN3. The van der Waals surface area contributed by atoms with E-state index in [9.17, 15) is 4.39 Å².